The Bertz CT molecular complexity index is 2110. The number of carbonyl (C=O) groups is 1. The third kappa shape index (κ3) is 10.0. The Morgan fingerprint density at radius 3 is 1.81 bits per heavy atom. The number of rotatable bonds is 13. The highest BCUT2D eigenvalue weighted by Gasteiger charge is 2.53. The highest BCUT2D eigenvalue weighted by molar-refractivity contribution is 5.87. The lowest BCUT2D eigenvalue weighted by Crippen LogP contribution is -2.64. The first kappa shape index (κ1) is 46.8. The van der Waals surface area contributed by atoms with Crippen molar-refractivity contribution in [3.63, 3.8) is 0 Å². The number of phenolic OH excluding ortho intramolecular Hbond substituents is 3. The van der Waals surface area contributed by atoms with E-state index in [-0.39, 0.29) is 40.1 Å². The molecule has 22 heteroatoms. The number of aliphatic hydroxyl groups is 11. The molecule has 348 valence electrons. The van der Waals surface area contributed by atoms with Crippen LogP contribution in [0.25, 0.3) is 12.2 Å². The highest BCUT2D eigenvalue weighted by atomic mass is 16.8. The predicted molar refractivity (Wildman–Crippen MR) is 211 cm³/mol. The van der Waals surface area contributed by atoms with Crippen LogP contribution in [-0.4, -0.2) is 189 Å². The van der Waals surface area contributed by atoms with Gasteiger partial charge in [0, 0.05) is 18.2 Å². The molecule has 1 unspecified atom stereocenters. The summed E-state index contributed by atoms with van der Waals surface area (Å²) in [6, 6.07) is 13.9. The average Bonchev–Trinajstić information content (AvgIpc) is 3.28. The monoisotopic (exact) mass is 905 g/mol. The minimum atomic E-state index is -2.01. The number of hydrogen-bond acceptors (Lipinski definition) is 21. The van der Waals surface area contributed by atoms with Gasteiger partial charge in [0.2, 0.25) is 12.6 Å². The summed E-state index contributed by atoms with van der Waals surface area (Å²) >= 11 is 0. The van der Waals surface area contributed by atoms with Crippen LogP contribution in [0.1, 0.15) is 22.8 Å². The molecule has 0 spiro atoms. The minimum Gasteiger partial charge on any atom is -0.571 e. The molecule has 4 heterocycles. The van der Waals surface area contributed by atoms with E-state index in [1.165, 1.54) is 66.7 Å². The van der Waals surface area contributed by atoms with Crippen molar-refractivity contribution in [1.82, 2.24) is 0 Å². The highest BCUT2D eigenvalue weighted by Crippen LogP contribution is 2.47. The van der Waals surface area contributed by atoms with E-state index in [1.807, 2.05) is 0 Å². The molecule has 22 nitrogen and oxygen atoms in total. The number of ether oxygens (including phenoxy) is 8. The van der Waals surface area contributed by atoms with E-state index in [9.17, 15) is 71.2 Å². The molecule has 0 amide bonds. The maximum atomic E-state index is 12.8. The van der Waals surface area contributed by atoms with Crippen LogP contribution in [0, 0.1) is 0 Å². The molecule has 0 saturated carbocycles. The largest absolute Gasteiger partial charge is 0.571 e. The van der Waals surface area contributed by atoms with Crippen molar-refractivity contribution in [2.24, 2.45) is 0 Å². The number of esters is 1. The summed E-state index contributed by atoms with van der Waals surface area (Å²) < 4.78 is 45.4. The van der Waals surface area contributed by atoms with Crippen LogP contribution < -0.4 is 4.74 Å². The second-order valence-corrected chi connectivity index (χ2v) is 15.4. The van der Waals surface area contributed by atoms with Gasteiger partial charge >= 0.3 is 5.97 Å². The summed E-state index contributed by atoms with van der Waals surface area (Å²) in [5.41, 5.74) is 0.949. The van der Waals surface area contributed by atoms with Gasteiger partial charge in [-0.2, -0.15) is 0 Å². The number of phenols is 3. The molecule has 0 aromatic heterocycles. The first-order valence-corrected chi connectivity index (χ1v) is 19.9. The van der Waals surface area contributed by atoms with Crippen LogP contribution in [0.2, 0.25) is 0 Å². The molecule has 0 radical (unpaired) electrons. The van der Waals surface area contributed by atoms with Gasteiger partial charge in [0.1, 0.15) is 102 Å². The Morgan fingerprint density at radius 2 is 1.19 bits per heavy atom. The van der Waals surface area contributed by atoms with Crippen molar-refractivity contribution in [3.05, 3.63) is 89.2 Å². The molecule has 4 aliphatic rings. The summed E-state index contributed by atoms with van der Waals surface area (Å²) in [7, 11) is 0. The number of carbonyl (C=O) groups excluding carboxylic acids is 1. The van der Waals surface area contributed by atoms with Crippen LogP contribution in [0.15, 0.2) is 72.5 Å². The Labute approximate surface area is 362 Å². The quantitative estimate of drug-likeness (QED) is 0.0469. The summed E-state index contributed by atoms with van der Waals surface area (Å²) in [5, 5.41) is 136. The lowest BCUT2D eigenvalue weighted by atomic mass is 9.97. The van der Waals surface area contributed by atoms with Crippen LogP contribution >= 0.6 is 0 Å². The normalized spacial score (nSPS) is 35.2. The van der Waals surface area contributed by atoms with Gasteiger partial charge in [-0.05, 0) is 48.0 Å². The predicted octanol–water partition coefficient (Wildman–Crippen LogP) is -2.78. The molecule has 7 rings (SSSR count). The number of fused-ring (bicyclic) bond motifs is 1. The standard InChI is InChI=1S/C42H48O22/c43-14-26-30(49)33(52)36(55)40(61-26)59-24-12-21(47)11-23-22(24)13-25(38(58-23)18-4-8-20(46)9-5-18)60-42-39(64-41-37(56)34(53)31(50)27(15-44)62-41)35(54)32(51)28(63-42)16-57-29(48)10-3-17-1-6-19(45)7-2-17/h1-13,26-28,30-47,49-56H,14-16H2/p+1/b10-3+/t26-,27-,28-,30+,31+,32+,33-,34-,35-,36+,37-,38?,39+,40+,41-,42+/m0/s1. The zero-order valence-electron chi connectivity index (χ0n) is 33.4. The van der Waals surface area contributed by atoms with Crippen molar-refractivity contribution in [1.29, 1.82) is 0 Å². The van der Waals surface area contributed by atoms with E-state index < -0.39 is 124 Å². The number of aromatic hydroxyl groups is 4. The topological polar surface area (TPSA) is 357 Å². The number of hydrogen-bond donors (Lipinski definition) is 13. The first-order chi connectivity index (χ1) is 30.6. The van der Waals surface area contributed by atoms with E-state index >= 15 is 0 Å². The first-order valence-electron chi connectivity index (χ1n) is 19.9. The summed E-state index contributed by atoms with van der Waals surface area (Å²) in [6.45, 7) is -2.29. The van der Waals surface area contributed by atoms with Crippen molar-refractivity contribution in [2.75, 3.05) is 19.8 Å². The van der Waals surface area contributed by atoms with E-state index in [1.54, 1.807) is 0 Å². The summed E-state index contributed by atoms with van der Waals surface area (Å²) in [4.78, 5) is 12.8. The van der Waals surface area contributed by atoms with E-state index in [4.69, 9.17) is 37.9 Å². The summed E-state index contributed by atoms with van der Waals surface area (Å²) in [5.74, 6) is -1.72. The van der Waals surface area contributed by atoms with Crippen molar-refractivity contribution in [2.45, 2.75) is 98.2 Å². The number of aliphatic hydroxyl groups excluding tert-OH is 10. The van der Waals surface area contributed by atoms with Gasteiger partial charge in [0.15, 0.2) is 18.2 Å². The molecule has 3 aromatic carbocycles. The summed E-state index contributed by atoms with van der Waals surface area (Å²) in [6.07, 6.45) is -24.1. The van der Waals surface area contributed by atoms with E-state index in [0.29, 0.717) is 11.1 Å². The van der Waals surface area contributed by atoms with Crippen LogP contribution in [0.4, 0.5) is 0 Å². The molecule has 14 N–H and O–H groups in total. The van der Waals surface area contributed by atoms with Gasteiger partial charge in [-0.1, -0.05) is 12.1 Å². The van der Waals surface area contributed by atoms with Crippen LogP contribution in [-0.2, 0) is 33.2 Å². The SMILES string of the molecule is O=C(/C=C/c1ccc(O)cc1)OC[C@@H]1O[C@@H](OC2=Cc3c(O[C@@H]4O[C@@H](CO)[C@@H](O)[C@H](O)[C@H]4O)cc(O)cc3[OH+]C2c2ccc(O)cc2)[C@H](O[C@@H]2O[C@@H](CO)[C@@H](O)[C@H](O)[C@@H]2O)[C@@H](O)[C@@H]1O. The van der Waals surface area contributed by atoms with Gasteiger partial charge in [-0.3, -0.25) is 0 Å². The fourth-order valence-corrected chi connectivity index (χ4v) is 7.37. The third-order valence-electron chi connectivity index (χ3n) is 11.0. The average molecular weight is 906 g/mol. The van der Waals surface area contributed by atoms with Crippen LogP contribution in [0.3, 0.4) is 0 Å². The molecule has 3 aromatic rings. The van der Waals surface area contributed by atoms with Gasteiger partial charge in [-0.25, -0.2) is 4.79 Å². The molecular formula is C42H49O22+. The fourth-order valence-electron chi connectivity index (χ4n) is 7.37. The zero-order valence-corrected chi connectivity index (χ0v) is 33.4. The lowest BCUT2D eigenvalue weighted by molar-refractivity contribution is -0.364. The van der Waals surface area contributed by atoms with Crippen molar-refractivity contribution < 1.29 is 109 Å². The zero-order chi connectivity index (χ0) is 46.0. The van der Waals surface area contributed by atoms with Crippen LogP contribution in [0.5, 0.6) is 28.7 Å². The third-order valence-corrected chi connectivity index (χ3v) is 11.0. The molecule has 16 atom stereocenters. The smallest absolute Gasteiger partial charge is 0.330 e. The van der Waals surface area contributed by atoms with E-state index in [0.717, 1.165) is 12.1 Å². The maximum Gasteiger partial charge on any atom is 0.330 e. The second-order valence-electron chi connectivity index (χ2n) is 15.4. The van der Waals surface area contributed by atoms with Gasteiger partial charge < -0.3 is 104 Å². The van der Waals surface area contributed by atoms with Gasteiger partial charge in [0.05, 0.1) is 24.8 Å². The molecular weight excluding hydrogens is 856 g/mol. The molecule has 3 saturated heterocycles. The Kier molecular flexibility index (Phi) is 14.6. The molecule has 0 aliphatic carbocycles. The van der Waals surface area contributed by atoms with E-state index in [2.05, 4.69) is 0 Å². The van der Waals surface area contributed by atoms with Crippen molar-refractivity contribution >= 4 is 18.1 Å². The van der Waals surface area contributed by atoms with Crippen molar-refractivity contribution in [3.8, 4) is 28.7 Å². The Morgan fingerprint density at radius 1 is 0.625 bits per heavy atom. The molecule has 64 heavy (non-hydrogen) atoms. The molecule has 0 bridgehead atoms. The second kappa shape index (κ2) is 19.9. The number of benzene rings is 3. The Hall–Kier alpha value is -5.15. The van der Waals surface area contributed by atoms with Gasteiger partial charge in [-0.15, -0.1) is 0 Å². The maximum absolute atomic E-state index is 12.8. The lowest BCUT2D eigenvalue weighted by Gasteiger charge is -2.46. The minimum absolute atomic E-state index is 0.00438. The molecule has 4 aliphatic heterocycles. The van der Waals surface area contributed by atoms with Gasteiger partial charge in [0.25, 0.3) is 11.9 Å². The fraction of sp³-hybridized carbons (Fsp3) is 0.452. The molecule has 3 fully saturated rings. The Balaban J connectivity index is 1.23.